The van der Waals surface area contributed by atoms with Crippen molar-refractivity contribution in [2.75, 3.05) is 13.2 Å². The molecule has 12 nitrogen and oxygen atoms in total. The van der Waals surface area contributed by atoms with Crippen LogP contribution in [0.5, 0.6) is 0 Å². The molecule has 1 rings (SSSR count). The number of carboxylic acids is 1. The standard InChI is InChI=1S/C53H90O12/c1-4-7-10-13-16-19-21-22-23-24-26-28-30-33-36-39-45(54)61-42-44(63-46(55)40-37-34-32-29-25-20-17-14-11-8-5-2)43-62-53-51(49(58)48(57)50(65-53)52(59)60)64-47(56)41-38-35-31-27-18-15-12-9-6-3/h7,10,14,16-17,19,22-23,44,48-51,53,57-58H,4-6,8-9,11-13,15,18,20-21,24-43H2,1-3H3,(H,59,60)/b10-7-,17-14-,19-16-,23-22-. The van der Waals surface area contributed by atoms with Crippen molar-refractivity contribution in [2.24, 2.45) is 0 Å². The number of carbonyl (C=O) groups is 4. The number of carbonyl (C=O) groups excluding carboxylic acids is 3. The third-order valence-electron chi connectivity index (χ3n) is 11.4. The van der Waals surface area contributed by atoms with Gasteiger partial charge in [0.2, 0.25) is 0 Å². The molecule has 0 aromatic carbocycles. The van der Waals surface area contributed by atoms with Gasteiger partial charge in [0, 0.05) is 19.3 Å². The van der Waals surface area contributed by atoms with Crippen LogP contribution in [0.4, 0.5) is 0 Å². The summed E-state index contributed by atoms with van der Waals surface area (Å²) in [5, 5.41) is 31.2. The number of aliphatic hydroxyl groups is 2. The monoisotopic (exact) mass is 919 g/mol. The van der Waals surface area contributed by atoms with Gasteiger partial charge in [-0.2, -0.15) is 0 Å². The molecule has 0 radical (unpaired) electrons. The van der Waals surface area contributed by atoms with E-state index >= 15 is 0 Å². The summed E-state index contributed by atoms with van der Waals surface area (Å²) in [4.78, 5) is 50.7. The maximum absolute atomic E-state index is 13.0. The van der Waals surface area contributed by atoms with E-state index in [1.807, 2.05) is 0 Å². The maximum atomic E-state index is 13.0. The maximum Gasteiger partial charge on any atom is 0.335 e. The number of carboxylic acid groups (broad SMARTS) is 1. The lowest BCUT2D eigenvalue weighted by atomic mass is 9.98. The predicted octanol–water partition coefficient (Wildman–Crippen LogP) is 11.9. The lowest BCUT2D eigenvalue weighted by Gasteiger charge is -2.40. The van der Waals surface area contributed by atoms with E-state index in [9.17, 15) is 34.5 Å². The second kappa shape index (κ2) is 42.1. The Morgan fingerprint density at radius 2 is 0.985 bits per heavy atom. The SMILES string of the molecule is CC/C=C\C/C=C\C/C=C\CCCCCCCC(=O)OCC(COC1OC(C(=O)O)C(O)C(O)C1OC(=O)CCCCCCCCCCC)OC(=O)CCCCCCC/C=C\CCCC. The first-order chi connectivity index (χ1) is 31.6. The van der Waals surface area contributed by atoms with Gasteiger partial charge in [-0.1, -0.05) is 172 Å². The molecule has 0 aromatic rings. The lowest BCUT2D eigenvalue weighted by Crippen LogP contribution is -2.61. The highest BCUT2D eigenvalue weighted by molar-refractivity contribution is 5.74. The molecule has 12 heteroatoms. The number of hydrogen-bond acceptors (Lipinski definition) is 11. The Bertz CT molecular complexity index is 1330. The van der Waals surface area contributed by atoms with Gasteiger partial charge in [-0.25, -0.2) is 4.79 Å². The van der Waals surface area contributed by atoms with Crippen LogP contribution in [0.1, 0.15) is 213 Å². The van der Waals surface area contributed by atoms with Crippen LogP contribution < -0.4 is 0 Å². The van der Waals surface area contributed by atoms with Crippen LogP contribution in [-0.4, -0.2) is 89.2 Å². The zero-order chi connectivity index (χ0) is 47.6. The molecule has 1 fully saturated rings. The quantitative estimate of drug-likeness (QED) is 0.0229. The molecule has 0 amide bonds. The normalized spacial score (nSPS) is 19.4. The number of allylic oxidation sites excluding steroid dienone is 8. The van der Waals surface area contributed by atoms with Gasteiger partial charge in [-0.15, -0.1) is 0 Å². The molecule has 0 aliphatic carbocycles. The van der Waals surface area contributed by atoms with Crippen molar-refractivity contribution in [3.63, 3.8) is 0 Å². The van der Waals surface area contributed by atoms with E-state index < -0.39 is 67.3 Å². The first-order valence-corrected chi connectivity index (χ1v) is 25.6. The molecule has 1 aliphatic rings. The number of aliphatic hydroxyl groups excluding tert-OH is 2. The topological polar surface area (TPSA) is 175 Å². The molecular formula is C53H90O12. The minimum atomic E-state index is -1.90. The second-order valence-corrected chi connectivity index (χ2v) is 17.4. The number of unbranched alkanes of at least 4 members (excludes halogenated alkanes) is 20. The lowest BCUT2D eigenvalue weighted by molar-refractivity contribution is -0.301. The summed E-state index contributed by atoms with van der Waals surface area (Å²) in [6.07, 6.45) is 35.5. The highest BCUT2D eigenvalue weighted by Gasteiger charge is 2.50. The van der Waals surface area contributed by atoms with Gasteiger partial charge in [0.25, 0.3) is 0 Å². The van der Waals surface area contributed by atoms with Gasteiger partial charge in [-0.3, -0.25) is 14.4 Å². The van der Waals surface area contributed by atoms with E-state index in [0.717, 1.165) is 116 Å². The van der Waals surface area contributed by atoms with Crippen molar-refractivity contribution in [2.45, 2.75) is 250 Å². The molecule has 6 unspecified atom stereocenters. The smallest absolute Gasteiger partial charge is 0.335 e. The second-order valence-electron chi connectivity index (χ2n) is 17.4. The Balaban J connectivity index is 2.74. The van der Waals surface area contributed by atoms with E-state index in [-0.39, 0.29) is 25.9 Å². The molecule has 1 aliphatic heterocycles. The molecular weight excluding hydrogens is 829 g/mol. The van der Waals surface area contributed by atoms with Gasteiger partial charge in [-0.05, 0) is 70.6 Å². The summed E-state index contributed by atoms with van der Waals surface area (Å²) in [5.41, 5.74) is 0. The van der Waals surface area contributed by atoms with Gasteiger partial charge in [0.05, 0.1) is 6.61 Å². The van der Waals surface area contributed by atoms with E-state index in [1.165, 1.54) is 38.5 Å². The molecule has 6 atom stereocenters. The van der Waals surface area contributed by atoms with E-state index in [1.54, 1.807) is 0 Å². The number of rotatable bonds is 42. The molecule has 0 spiro atoms. The van der Waals surface area contributed by atoms with Crippen molar-refractivity contribution < 1.29 is 58.2 Å². The molecule has 1 saturated heterocycles. The fraction of sp³-hybridized carbons (Fsp3) is 0.774. The highest BCUT2D eigenvalue weighted by atomic mass is 16.7. The van der Waals surface area contributed by atoms with Crippen LogP contribution in [0, 0.1) is 0 Å². The molecule has 3 N–H and O–H groups in total. The van der Waals surface area contributed by atoms with Gasteiger partial charge >= 0.3 is 23.9 Å². The third-order valence-corrected chi connectivity index (χ3v) is 11.4. The first-order valence-electron chi connectivity index (χ1n) is 25.6. The third kappa shape index (κ3) is 32.9. The summed E-state index contributed by atoms with van der Waals surface area (Å²) >= 11 is 0. The van der Waals surface area contributed by atoms with Crippen molar-refractivity contribution in [3.05, 3.63) is 48.6 Å². The summed E-state index contributed by atoms with van der Waals surface area (Å²) in [6.45, 7) is 5.76. The summed E-state index contributed by atoms with van der Waals surface area (Å²) in [6, 6.07) is 0. The van der Waals surface area contributed by atoms with Gasteiger partial charge in [0.1, 0.15) is 18.8 Å². The largest absolute Gasteiger partial charge is 0.479 e. The summed E-state index contributed by atoms with van der Waals surface area (Å²) in [5.74, 6) is -3.15. The van der Waals surface area contributed by atoms with Gasteiger partial charge in [0.15, 0.2) is 24.6 Å². The number of esters is 3. The molecule has 0 bridgehead atoms. The van der Waals surface area contributed by atoms with Crippen LogP contribution in [0.2, 0.25) is 0 Å². The Labute approximate surface area is 393 Å². The van der Waals surface area contributed by atoms with Crippen molar-refractivity contribution in [1.82, 2.24) is 0 Å². The van der Waals surface area contributed by atoms with Crippen LogP contribution in [0.15, 0.2) is 48.6 Å². The molecule has 0 saturated carbocycles. The van der Waals surface area contributed by atoms with E-state index in [0.29, 0.717) is 19.3 Å². The van der Waals surface area contributed by atoms with Crippen LogP contribution >= 0.6 is 0 Å². The van der Waals surface area contributed by atoms with Crippen molar-refractivity contribution in [3.8, 4) is 0 Å². The van der Waals surface area contributed by atoms with E-state index in [2.05, 4.69) is 69.4 Å². The highest BCUT2D eigenvalue weighted by Crippen LogP contribution is 2.26. The first kappa shape index (κ1) is 59.7. The minimum absolute atomic E-state index is 0.0592. The minimum Gasteiger partial charge on any atom is -0.479 e. The fourth-order valence-corrected chi connectivity index (χ4v) is 7.42. The van der Waals surface area contributed by atoms with E-state index in [4.69, 9.17) is 23.7 Å². The Hall–Kier alpha value is -3.32. The average molecular weight is 919 g/mol. The summed E-state index contributed by atoms with van der Waals surface area (Å²) < 4.78 is 28.2. The van der Waals surface area contributed by atoms with Gasteiger partial charge < -0.3 is 39.0 Å². The Morgan fingerprint density at radius 1 is 0.523 bits per heavy atom. The Morgan fingerprint density at radius 3 is 1.54 bits per heavy atom. The predicted molar refractivity (Wildman–Crippen MR) is 257 cm³/mol. The zero-order valence-corrected chi connectivity index (χ0v) is 40.7. The average Bonchev–Trinajstić information content (AvgIpc) is 3.29. The Kier molecular flexibility index (Phi) is 38.6. The van der Waals surface area contributed by atoms with Crippen LogP contribution in [0.3, 0.4) is 0 Å². The fourth-order valence-electron chi connectivity index (χ4n) is 7.42. The molecule has 0 aromatic heterocycles. The molecule has 65 heavy (non-hydrogen) atoms. The van der Waals surface area contributed by atoms with Crippen molar-refractivity contribution in [1.29, 1.82) is 0 Å². The number of ether oxygens (including phenoxy) is 5. The zero-order valence-electron chi connectivity index (χ0n) is 40.7. The van der Waals surface area contributed by atoms with Crippen LogP contribution in [0.25, 0.3) is 0 Å². The number of aliphatic carboxylic acids is 1. The number of hydrogen-bond donors (Lipinski definition) is 3. The molecule has 1 heterocycles. The summed E-state index contributed by atoms with van der Waals surface area (Å²) in [7, 11) is 0. The molecule has 374 valence electrons. The van der Waals surface area contributed by atoms with Crippen LogP contribution in [-0.2, 0) is 42.9 Å². The van der Waals surface area contributed by atoms with Crippen molar-refractivity contribution >= 4 is 23.9 Å².